The van der Waals surface area contributed by atoms with Crippen LogP contribution in [0.2, 0.25) is 0 Å². The number of nitrogens with zero attached hydrogens (tertiary/aromatic N) is 2. The molecule has 0 aliphatic carbocycles. The Morgan fingerprint density at radius 3 is 2.59 bits per heavy atom. The lowest BCUT2D eigenvalue weighted by atomic mass is 10.2. The molecule has 0 unspecified atom stereocenters. The van der Waals surface area contributed by atoms with E-state index in [9.17, 15) is 0 Å². The molecule has 2 aromatic rings. The fourth-order valence-electron chi connectivity index (χ4n) is 1.46. The van der Waals surface area contributed by atoms with Gasteiger partial charge in [0.1, 0.15) is 5.76 Å². The first-order chi connectivity index (χ1) is 8.18. The number of nitrogens with one attached hydrogen (secondary N) is 1. The third-order valence-corrected chi connectivity index (χ3v) is 2.57. The highest BCUT2D eigenvalue weighted by Gasteiger charge is 2.13. The molecular formula is C12H12ClN3O. The molecule has 0 spiro atoms. The summed E-state index contributed by atoms with van der Waals surface area (Å²) in [5.74, 6) is 0.658. The molecule has 0 fully saturated rings. The van der Waals surface area contributed by atoms with Crippen molar-refractivity contribution in [1.82, 2.24) is 5.16 Å². The topological polar surface area (TPSA) is 50.4 Å². The Hall–Kier alpha value is -1.81. The minimum atomic E-state index is 0.338. The quantitative estimate of drug-likeness (QED) is 0.671. The minimum Gasteiger partial charge on any atom is -0.361 e. The van der Waals surface area contributed by atoms with Gasteiger partial charge in [0.2, 0.25) is 0 Å². The molecule has 1 N–H and O–H groups in total. The van der Waals surface area contributed by atoms with Gasteiger partial charge in [0.15, 0.2) is 5.17 Å². The number of hydrazone groups is 1. The van der Waals surface area contributed by atoms with E-state index in [4.69, 9.17) is 16.1 Å². The molecule has 0 saturated carbocycles. The van der Waals surface area contributed by atoms with Crippen LogP contribution >= 0.6 is 11.6 Å². The molecule has 0 aliphatic heterocycles. The first-order valence-corrected chi connectivity index (χ1v) is 5.54. The Bertz CT molecular complexity index is 514. The fourth-order valence-corrected chi connectivity index (χ4v) is 1.77. The van der Waals surface area contributed by atoms with Crippen molar-refractivity contribution in [3.63, 3.8) is 0 Å². The molecular weight excluding hydrogens is 238 g/mol. The first kappa shape index (κ1) is 11.7. The van der Waals surface area contributed by atoms with Crippen molar-refractivity contribution in [3.8, 4) is 0 Å². The zero-order chi connectivity index (χ0) is 12.3. The smallest absolute Gasteiger partial charge is 0.161 e. The molecule has 1 heterocycles. The third kappa shape index (κ3) is 2.65. The second-order valence-electron chi connectivity index (χ2n) is 3.58. The maximum atomic E-state index is 6.10. The van der Waals surface area contributed by atoms with E-state index in [1.165, 1.54) is 0 Å². The van der Waals surface area contributed by atoms with Crippen LogP contribution in [0.15, 0.2) is 40.0 Å². The van der Waals surface area contributed by atoms with Crippen LogP contribution in [0.25, 0.3) is 0 Å². The van der Waals surface area contributed by atoms with Crippen molar-refractivity contribution in [1.29, 1.82) is 0 Å². The summed E-state index contributed by atoms with van der Waals surface area (Å²) in [4.78, 5) is 0. The van der Waals surface area contributed by atoms with Gasteiger partial charge in [-0.1, -0.05) is 35.0 Å². The van der Waals surface area contributed by atoms with Crippen molar-refractivity contribution in [2.45, 2.75) is 13.8 Å². The van der Waals surface area contributed by atoms with Crippen LogP contribution < -0.4 is 5.43 Å². The standard InChI is InChI=1S/C12H12ClN3O/c1-8-11(9(2)17-16-8)12(13)15-14-10-6-4-3-5-7-10/h3-7,14H,1-2H3/b15-12-. The molecule has 5 heteroatoms. The number of anilines is 1. The lowest BCUT2D eigenvalue weighted by Gasteiger charge is -2.00. The average Bonchev–Trinajstić information content (AvgIpc) is 2.67. The van der Waals surface area contributed by atoms with E-state index >= 15 is 0 Å². The molecule has 17 heavy (non-hydrogen) atoms. The van der Waals surface area contributed by atoms with Crippen LogP contribution in [0.4, 0.5) is 5.69 Å². The van der Waals surface area contributed by atoms with E-state index < -0.39 is 0 Å². The average molecular weight is 250 g/mol. The number of aromatic nitrogens is 1. The van der Waals surface area contributed by atoms with E-state index in [-0.39, 0.29) is 0 Å². The zero-order valence-corrected chi connectivity index (χ0v) is 10.3. The Morgan fingerprint density at radius 2 is 2.00 bits per heavy atom. The highest BCUT2D eigenvalue weighted by molar-refractivity contribution is 6.69. The summed E-state index contributed by atoms with van der Waals surface area (Å²) in [6, 6.07) is 9.58. The second kappa shape index (κ2) is 5.01. The summed E-state index contributed by atoms with van der Waals surface area (Å²) >= 11 is 6.10. The molecule has 0 bridgehead atoms. The lowest BCUT2D eigenvalue weighted by molar-refractivity contribution is 0.393. The molecule has 0 aliphatic rings. The highest BCUT2D eigenvalue weighted by atomic mass is 35.5. The van der Waals surface area contributed by atoms with E-state index in [2.05, 4.69) is 15.7 Å². The Kier molecular flexibility index (Phi) is 3.44. The maximum Gasteiger partial charge on any atom is 0.161 e. The van der Waals surface area contributed by atoms with Gasteiger partial charge in [-0.3, -0.25) is 5.43 Å². The van der Waals surface area contributed by atoms with E-state index in [0.29, 0.717) is 10.9 Å². The number of aryl methyl sites for hydroxylation is 2. The number of hydrogen-bond donors (Lipinski definition) is 1. The van der Waals surface area contributed by atoms with Crippen molar-refractivity contribution >= 4 is 22.5 Å². The van der Waals surface area contributed by atoms with E-state index in [1.807, 2.05) is 37.3 Å². The first-order valence-electron chi connectivity index (χ1n) is 5.16. The van der Waals surface area contributed by atoms with Gasteiger partial charge in [0.05, 0.1) is 16.9 Å². The van der Waals surface area contributed by atoms with E-state index in [1.54, 1.807) is 6.92 Å². The highest BCUT2D eigenvalue weighted by Crippen LogP contribution is 2.16. The van der Waals surface area contributed by atoms with Crippen LogP contribution in [0.1, 0.15) is 17.0 Å². The summed E-state index contributed by atoms with van der Waals surface area (Å²) in [6.07, 6.45) is 0. The van der Waals surface area contributed by atoms with Gasteiger partial charge in [-0.2, -0.15) is 5.10 Å². The summed E-state index contributed by atoms with van der Waals surface area (Å²) in [7, 11) is 0. The predicted octanol–water partition coefficient (Wildman–Crippen LogP) is 3.30. The Labute approximate surface area is 104 Å². The Balaban J connectivity index is 2.18. The van der Waals surface area contributed by atoms with Gasteiger partial charge in [0.25, 0.3) is 0 Å². The number of hydrogen-bond acceptors (Lipinski definition) is 4. The molecule has 4 nitrogen and oxygen atoms in total. The van der Waals surface area contributed by atoms with E-state index in [0.717, 1.165) is 16.9 Å². The number of para-hydroxylation sites is 1. The van der Waals surface area contributed by atoms with Crippen molar-refractivity contribution in [2.75, 3.05) is 5.43 Å². The maximum absolute atomic E-state index is 6.10. The van der Waals surface area contributed by atoms with Gasteiger partial charge in [0, 0.05) is 0 Å². The number of rotatable bonds is 3. The molecule has 0 amide bonds. The number of halogens is 1. The fraction of sp³-hybridized carbons (Fsp3) is 0.167. The van der Waals surface area contributed by atoms with Crippen LogP contribution in [-0.4, -0.2) is 10.3 Å². The van der Waals surface area contributed by atoms with Crippen LogP contribution in [0, 0.1) is 13.8 Å². The van der Waals surface area contributed by atoms with Gasteiger partial charge >= 0.3 is 0 Å². The largest absolute Gasteiger partial charge is 0.361 e. The molecule has 0 atom stereocenters. The predicted molar refractivity (Wildman–Crippen MR) is 68.4 cm³/mol. The van der Waals surface area contributed by atoms with Crippen LogP contribution in [0.3, 0.4) is 0 Å². The van der Waals surface area contributed by atoms with Crippen LogP contribution in [0.5, 0.6) is 0 Å². The minimum absolute atomic E-state index is 0.338. The molecule has 1 aromatic carbocycles. The molecule has 1 aromatic heterocycles. The molecule has 2 rings (SSSR count). The summed E-state index contributed by atoms with van der Waals surface area (Å²) in [6.45, 7) is 3.63. The van der Waals surface area contributed by atoms with Gasteiger partial charge in [-0.05, 0) is 26.0 Å². The summed E-state index contributed by atoms with van der Waals surface area (Å²) in [5.41, 5.74) is 5.21. The van der Waals surface area contributed by atoms with Gasteiger partial charge in [-0.15, -0.1) is 0 Å². The normalized spacial score (nSPS) is 11.6. The number of benzene rings is 1. The van der Waals surface area contributed by atoms with Crippen LogP contribution in [-0.2, 0) is 0 Å². The zero-order valence-electron chi connectivity index (χ0n) is 9.57. The molecule has 88 valence electrons. The third-order valence-electron chi connectivity index (χ3n) is 2.30. The molecule has 0 radical (unpaired) electrons. The SMILES string of the molecule is Cc1noc(C)c1/C(Cl)=N/Nc1ccccc1. The lowest BCUT2D eigenvalue weighted by Crippen LogP contribution is -1.99. The van der Waals surface area contributed by atoms with Crippen molar-refractivity contribution in [2.24, 2.45) is 5.10 Å². The van der Waals surface area contributed by atoms with Crippen molar-refractivity contribution in [3.05, 3.63) is 47.3 Å². The summed E-state index contributed by atoms with van der Waals surface area (Å²) in [5, 5.41) is 8.25. The van der Waals surface area contributed by atoms with Gasteiger partial charge < -0.3 is 4.52 Å². The monoisotopic (exact) mass is 249 g/mol. The summed E-state index contributed by atoms with van der Waals surface area (Å²) < 4.78 is 5.03. The second-order valence-corrected chi connectivity index (χ2v) is 3.94. The molecule has 0 saturated heterocycles. The Morgan fingerprint density at radius 1 is 1.29 bits per heavy atom. The van der Waals surface area contributed by atoms with Crippen molar-refractivity contribution < 1.29 is 4.52 Å². The van der Waals surface area contributed by atoms with Gasteiger partial charge in [-0.25, -0.2) is 0 Å².